The molecule has 0 bridgehead atoms. The van der Waals surface area contributed by atoms with Crippen LogP contribution in [0, 0.1) is 5.82 Å². The SMILES string of the molecule is CCCCCNc1nc2c(c(=O)n(Cc3ccccc3F)c(=O)n2C)n1C. The fraction of sp³-hybridized carbons (Fsp3) is 0.421. The Morgan fingerprint density at radius 2 is 1.85 bits per heavy atom. The van der Waals surface area contributed by atoms with Crippen LogP contribution in [-0.4, -0.2) is 25.2 Å². The first-order valence-electron chi connectivity index (χ1n) is 9.09. The summed E-state index contributed by atoms with van der Waals surface area (Å²) in [6.07, 6.45) is 3.21. The van der Waals surface area contributed by atoms with E-state index in [1.165, 1.54) is 10.6 Å². The van der Waals surface area contributed by atoms with Crippen LogP contribution >= 0.6 is 0 Å². The van der Waals surface area contributed by atoms with E-state index in [4.69, 9.17) is 0 Å². The molecule has 8 heteroatoms. The summed E-state index contributed by atoms with van der Waals surface area (Å²) < 4.78 is 18.0. The number of halogens is 1. The van der Waals surface area contributed by atoms with Gasteiger partial charge in [-0.25, -0.2) is 9.18 Å². The summed E-state index contributed by atoms with van der Waals surface area (Å²) in [5.74, 6) is 0.0895. The van der Waals surface area contributed by atoms with Gasteiger partial charge in [0.1, 0.15) is 5.82 Å². The molecule has 0 saturated heterocycles. The number of nitrogens with one attached hydrogen (secondary N) is 1. The molecule has 27 heavy (non-hydrogen) atoms. The average molecular weight is 373 g/mol. The standard InChI is InChI=1S/C19H24FN5O2/c1-4-5-8-11-21-18-22-16-15(23(18)2)17(26)25(19(27)24(16)3)12-13-9-6-7-10-14(13)20/h6-7,9-10H,4-5,8,11-12H2,1-3H3,(H,21,22). The number of imidazole rings is 1. The van der Waals surface area contributed by atoms with Crippen LogP contribution in [0.5, 0.6) is 0 Å². The van der Waals surface area contributed by atoms with Crippen molar-refractivity contribution in [3.63, 3.8) is 0 Å². The van der Waals surface area contributed by atoms with E-state index in [9.17, 15) is 14.0 Å². The van der Waals surface area contributed by atoms with Crippen LogP contribution in [0.15, 0.2) is 33.9 Å². The minimum atomic E-state index is -0.522. The van der Waals surface area contributed by atoms with E-state index in [-0.39, 0.29) is 12.1 Å². The van der Waals surface area contributed by atoms with Crippen molar-refractivity contribution in [2.24, 2.45) is 14.1 Å². The number of hydrogen-bond donors (Lipinski definition) is 1. The first kappa shape index (κ1) is 18.9. The van der Waals surface area contributed by atoms with Gasteiger partial charge in [-0.2, -0.15) is 4.98 Å². The van der Waals surface area contributed by atoms with Gasteiger partial charge in [-0.05, 0) is 12.5 Å². The molecule has 0 unspecified atom stereocenters. The molecule has 0 amide bonds. The number of rotatable bonds is 7. The zero-order valence-corrected chi connectivity index (χ0v) is 15.8. The van der Waals surface area contributed by atoms with Gasteiger partial charge in [-0.3, -0.25) is 13.9 Å². The third-order valence-electron chi connectivity index (χ3n) is 4.71. The molecule has 2 heterocycles. The lowest BCUT2D eigenvalue weighted by atomic mass is 10.2. The number of unbranched alkanes of at least 4 members (excludes halogenated alkanes) is 2. The minimum absolute atomic E-state index is 0.126. The Morgan fingerprint density at radius 3 is 2.56 bits per heavy atom. The average Bonchev–Trinajstić information content (AvgIpc) is 2.99. The van der Waals surface area contributed by atoms with Gasteiger partial charge < -0.3 is 9.88 Å². The molecule has 0 fully saturated rings. The van der Waals surface area contributed by atoms with E-state index >= 15 is 0 Å². The number of aromatic nitrogens is 4. The number of nitrogens with zero attached hydrogens (tertiary/aromatic N) is 4. The number of aryl methyl sites for hydroxylation is 2. The van der Waals surface area contributed by atoms with Crippen LogP contribution in [0.3, 0.4) is 0 Å². The molecule has 1 N–H and O–H groups in total. The third kappa shape index (κ3) is 3.51. The Labute approximate surface area is 156 Å². The molecule has 7 nitrogen and oxygen atoms in total. The van der Waals surface area contributed by atoms with Crippen molar-refractivity contribution in [2.75, 3.05) is 11.9 Å². The molecule has 0 aliphatic rings. The molecule has 0 radical (unpaired) electrons. The summed E-state index contributed by atoms with van der Waals surface area (Å²) in [5, 5.41) is 3.22. The van der Waals surface area contributed by atoms with Gasteiger partial charge in [-0.15, -0.1) is 0 Å². The summed E-state index contributed by atoms with van der Waals surface area (Å²) in [7, 11) is 3.30. The maximum Gasteiger partial charge on any atom is 0.332 e. The van der Waals surface area contributed by atoms with Crippen LogP contribution in [-0.2, 0) is 20.6 Å². The van der Waals surface area contributed by atoms with Gasteiger partial charge in [0.15, 0.2) is 11.2 Å². The highest BCUT2D eigenvalue weighted by atomic mass is 19.1. The molecule has 0 aliphatic carbocycles. The molecule has 0 spiro atoms. The number of hydrogen-bond acceptors (Lipinski definition) is 4. The molecule has 0 aliphatic heterocycles. The van der Waals surface area contributed by atoms with E-state index in [1.807, 2.05) is 0 Å². The molecule has 3 aromatic rings. The van der Waals surface area contributed by atoms with Crippen LogP contribution in [0.25, 0.3) is 11.2 Å². The fourth-order valence-corrected chi connectivity index (χ4v) is 3.11. The van der Waals surface area contributed by atoms with Crippen molar-refractivity contribution < 1.29 is 4.39 Å². The first-order chi connectivity index (χ1) is 13.0. The van der Waals surface area contributed by atoms with Crippen molar-refractivity contribution in [1.29, 1.82) is 0 Å². The summed E-state index contributed by atoms with van der Waals surface area (Å²) in [6.45, 7) is 2.74. The van der Waals surface area contributed by atoms with Crippen LogP contribution in [0.2, 0.25) is 0 Å². The van der Waals surface area contributed by atoms with E-state index in [0.29, 0.717) is 17.1 Å². The lowest BCUT2D eigenvalue weighted by Crippen LogP contribution is -2.40. The summed E-state index contributed by atoms with van der Waals surface area (Å²) in [5.41, 5.74) is -0.0859. The molecule has 0 saturated carbocycles. The Bertz CT molecular complexity index is 1080. The van der Waals surface area contributed by atoms with Gasteiger partial charge in [-0.1, -0.05) is 38.0 Å². The zero-order valence-electron chi connectivity index (χ0n) is 15.8. The fourth-order valence-electron chi connectivity index (χ4n) is 3.11. The first-order valence-corrected chi connectivity index (χ1v) is 9.09. The third-order valence-corrected chi connectivity index (χ3v) is 4.71. The maximum atomic E-state index is 14.0. The van der Waals surface area contributed by atoms with Gasteiger partial charge in [0.05, 0.1) is 6.54 Å². The van der Waals surface area contributed by atoms with E-state index in [0.717, 1.165) is 30.4 Å². The lowest BCUT2D eigenvalue weighted by Gasteiger charge is -2.09. The number of benzene rings is 1. The molecule has 2 aromatic heterocycles. The van der Waals surface area contributed by atoms with Gasteiger partial charge in [0.2, 0.25) is 5.95 Å². The Kier molecular flexibility index (Phi) is 5.43. The summed E-state index contributed by atoms with van der Waals surface area (Å²) in [6, 6.07) is 6.12. The van der Waals surface area contributed by atoms with Crippen LogP contribution < -0.4 is 16.6 Å². The molecule has 144 valence electrons. The highest BCUT2D eigenvalue weighted by Crippen LogP contribution is 2.14. The normalized spacial score (nSPS) is 11.3. The van der Waals surface area contributed by atoms with Gasteiger partial charge in [0, 0.05) is 26.2 Å². The largest absolute Gasteiger partial charge is 0.356 e. The Morgan fingerprint density at radius 1 is 1.11 bits per heavy atom. The summed E-state index contributed by atoms with van der Waals surface area (Å²) >= 11 is 0. The highest BCUT2D eigenvalue weighted by molar-refractivity contribution is 5.74. The quantitative estimate of drug-likeness (QED) is 0.645. The Balaban J connectivity index is 2.07. The Hall–Kier alpha value is -2.90. The number of fused-ring (bicyclic) bond motifs is 1. The zero-order chi connectivity index (χ0) is 19.6. The highest BCUT2D eigenvalue weighted by Gasteiger charge is 2.19. The second-order valence-corrected chi connectivity index (χ2v) is 6.62. The predicted octanol–water partition coefficient (Wildman–Crippen LogP) is 2.22. The smallest absolute Gasteiger partial charge is 0.332 e. The van der Waals surface area contributed by atoms with Crippen molar-refractivity contribution in [3.05, 3.63) is 56.5 Å². The van der Waals surface area contributed by atoms with Crippen molar-refractivity contribution in [1.82, 2.24) is 18.7 Å². The van der Waals surface area contributed by atoms with Crippen LogP contribution in [0.4, 0.5) is 10.3 Å². The number of anilines is 1. The van der Waals surface area contributed by atoms with Crippen molar-refractivity contribution in [2.45, 2.75) is 32.7 Å². The molecular weight excluding hydrogens is 349 g/mol. The topological polar surface area (TPSA) is 73.8 Å². The molecular formula is C19H24FN5O2. The maximum absolute atomic E-state index is 14.0. The van der Waals surface area contributed by atoms with E-state index < -0.39 is 17.1 Å². The minimum Gasteiger partial charge on any atom is -0.356 e. The summed E-state index contributed by atoms with van der Waals surface area (Å²) in [4.78, 5) is 30.1. The van der Waals surface area contributed by atoms with Gasteiger partial charge in [0.25, 0.3) is 5.56 Å². The molecule has 0 atom stereocenters. The van der Waals surface area contributed by atoms with E-state index in [2.05, 4.69) is 17.2 Å². The van der Waals surface area contributed by atoms with E-state index in [1.54, 1.807) is 36.9 Å². The van der Waals surface area contributed by atoms with Crippen LogP contribution in [0.1, 0.15) is 31.7 Å². The van der Waals surface area contributed by atoms with Crippen molar-refractivity contribution >= 4 is 17.1 Å². The monoisotopic (exact) mass is 373 g/mol. The lowest BCUT2D eigenvalue weighted by molar-refractivity contribution is 0.582. The van der Waals surface area contributed by atoms with Gasteiger partial charge >= 0.3 is 5.69 Å². The molecule has 3 rings (SSSR count). The predicted molar refractivity (Wildman–Crippen MR) is 104 cm³/mol. The second kappa shape index (κ2) is 7.77. The second-order valence-electron chi connectivity index (χ2n) is 6.62. The molecule has 1 aromatic carbocycles. The van der Waals surface area contributed by atoms with Crippen molar-refractivity contribution in [3.8, 4) is 0 Å².